The second-order valence-electron chi connectivity index (χ2n) is 5.01. The molecule has 0 unspecified atom stereocenters. The Labute approximate surface area is 146 Å². The molecular weight excluding hydrogens is 324 g/mol. The van der Waals surface area contributed by atoms with E-state index < -0.39 is 0 Å². The Bertz CT molecular complexity index is 795. The highest BCUT2D eigenvalue weighted by Crippen LogP contribution is 2.40. The van der Waals surface area contributed by atoms with Crippen LogP contribution in [0.1, 0.15) is 15.9 Å². The topological polar surface area (TPSA) is 74.2 Å². The van der Waals surface area contributed by atoms with Gasteiger partial charge in [-0.1, -0.05) is 0 Å². The zero-order chi connectivity index (χ0) is 18.4. The van der Waals surface area contributed by atoms with E-state index in [1.54, 1.807) is 18.2 Å². The molecule has 132 valence electrons. The Hall–Kier alpha value is -3.15. The van der Waals surface area contributed by atoms with E-state index in [0.29, 0.717) is 28.4 Å². The van der Waals surface area contributed by atoms with Gasteiger partial charge in [0.05, 0.1) is 28.4 Å². The van der Waals surface area contributed by atoms with Crippen molar-refractivity contribution in [1.29, 1.82) is 0 Å². The lowest BCUT2D eigenvalue weighted by molar-refractivity contribution is 0.104. The predicted octanol–water partition coefficient (Wildman–Crippen LogP) is 3.32. The number of carbonyl (C=O) groups excluding carboxylic acids is 1. The largest absolute Gasteiger partial charge is 0.504 e. The van der Waals surface area contributed by atoms with Crippen molar-refractivity contribution < 1.29 is 28.8 Å². The van der Waals surface area contributed by atoms with E-state index in [1.165, 1.54) is 52.7 Å². The van der Waals surface area contributed by atoms with Crippen LogP contribution in [0.4, 0.5) is 0 Å². The smallest absolute Gasteiger partial charge is 0.203 e. The van der Waals surface area contributed by atoms with Crippen LogP contribution in [0.5, 0.6) is 28.7 Å². The highest BCUT2D eigenvalue weighted by molar-refractivity contribution is 6.07. The van der Waals surface area contributed by atoms with Gasteiger partial charge in [-0.3, -0.25) is 4.79 Å². The summed E-state index contributed by atoms with van der Waals surface area (Å²) in [6.45, 7) is 0. The summed E-state index contributed by atoms with van der Waals surface area (Å²) in [4.78, 5) is 12.4. The van der Waals surface area contributed by atoms with Crippen molar-refractivity contribution in [1.82, 2.24) is 0 Å². The fourth-order valence-corrected chi connectivity index (χ4v) is 2.35. The minimum atomic E-state index is -0.241. The van der Waals surface area contributed by atoms with Gasteiger partial charge in [-0.2, -0.15) is 0 Å². The van der Waals surface area contributed by atoms with Crippen LogP contribution in [0.2, 0.25) is 0 Å². The van der Waals surface area contributed by atoms with Crippen molar-refractivity contribution in [2.45, 2.75) is 0 Å². The molecular formula is C19H20O6. The Morgan fingerprint density at radius 1 is 0.880 bits per heavy atom. The molecule has 0 aromatic heterocycles. The van der Waals surface area contributed by atoms with Crippen molar-refractivity contribution in [2.24, 2.45) is 0 Å². The van der Waals surface area contributed by atoms with E-state index in [9.17, 15) is 9.90 Å². The summed E-state index contributed by atoms with van der Waals surface area (Å²) < 4.78 is 20.9. The molecule has 0 saturated heterocycles. The number of ether oxygens (including phenoxy) is 4. The Morgan fingerprint density at radius 2 is 1.56 bits per heavy atom. The first-order valence-electron chi connectivity index (χ1n) is 7.44. The van der Waals surface area contributed by atoms with Crippen molar-refractivity contribution >= 4 is 11.9 Å². The minimum absolute atomic E-state index is 0.0235. The first-order valence-corrected chi connectivity index (χ1v) is 7.44. The Balaban J connectivity index is 2.34. The predicted molar refractivity (Wildman–Crippen MR) is 94.1 cm³/mol. The monoisotopic (exact) mass is 344 g/mol. The van der Waals surface area contributed by atoms with Gasteiger partial charge in [0, 0.05) is 11.1 Å². The first kappa shape index (κ1) is 18.2. The molecule has 0 bridgehead atoms. The molecule has 2 rings (SSSR count). The maximum Gasteiger partial charge on any atom is 0.203 e. The van der Waals surface area contributed by atoms with Crippen LogP contribution in [0, 0.1) is 0 Å². The summed E-state index contributed by atoms with van der Waals surface area (Å²) in [5.74, 6) is 1.42. The third-order valence-electron chi connectivity index (χ3n) is 3.61. The van der Waals surface area contributed by atoms with Gasteiger partial charge in [0.1, 0.15) is 0 Å². The molecule has 25 heavy (non-hydrogen) atoms. The lowest BCUT2D eigenvalue weighted by Crippen LogP contribution is -1.98. The highest BCUT2D eigenvalue weighted by atomic mass is 16.5. The molecule has 1 N–H and O–H groups in total. The molecule has 2 aromatic carbocycles. The van der Waals surface area contributed by atoms with E-state index in [1.807, 2.05) is 0 Å². The summed E-state index contributed by atoms with van der Waals surface area (Å²) in [5.41, 5.74) is 1.06. The average Bonchev–Trinajstić information content (AvgIpc) is 2.65. The van der Waals surface area contributed by atoms with Crippen molar-refractivity contribution in [3.8, 4) is 28.7 Å². The Morgan fingerprint density at radius 3 is 2.16 bits per heavy atom. The number of benzene rings is 2. The highest BCUT2D eigenvalue weighted by Gasteiger charge is 2.14. The van der Waals surface area contributed by atoms with Gasteiger partial charge in [-0.25, -0.2) is 0 Å². The maximum atomic E-state index is 12.4. The second-order valence-corrected chi connectivity index (χ2v) is 5.01. The molecule has 0 radical (unpaired) electrons. The van der Waals surface area contributed by atoms with Gasteiger partial charge in [-0.05, 0) is 42.5 Å². The van der Waals surface area contributed by atoms with Crippen LogP contribution in [-0.2, 0) is 0 Å². The van der Waals surface area contributed by atoms with Crippen molar-refractivity contribution in [3.63, 3.8) is 0 Å². The molecule has 2 aromatic rings. The molecule has 6 heteroatoms. The molecule has 6 nitrogen and oxygen atoms in total. The number of allylic oxidation sites excluding steroid dienone is 1. The normalized spacial score (nSPS) is 10.6. The molecule has 0 atom stereocenters. The summed E-state index contributed by atoms with van der Waals surface area (Å²) in [6, 6.07) is 7.91. The number of rotatable bonds is 7. The van der Waals surface area contributed by atoms with E-state index in [-0.39, 0.29) is 17.3 Å². The molecule has 0 aliphatic carbocycles. The van der Waals surface area contributed by atoms with Crippen LogP contribution in [0.15, 0.2) is 36.4 Å². The van der Waals surface area contributed by atoms with E-state index in [0.717, 1.165) is 0 Å². The number of hydrogen-bond donors (Lipinski definition) is 1. The molecule has 0 fully saturated rings. The van der Waals surface area contributed by atoms with Gasteiger partial charge in [-0.15, -0.1) is 0 Å². The van der Waals surface area contributed by atoms with Crippen LogP contribution in [-0.4, -0.2) is 39.3 Å². The molecule has 0 saturated carbocycles. The lowest BCUT2D eigenvalue weighted by Gasteiger charge is -2.13. The third kappa shape index (κ3) is 3.85. The molecule has 0 amide bonds. The van der Waals surface area contributed by atoms with Crippen molar-refractivity contribution in [3.05, 3.63) is 47.5 Å². The third-order valence-corrected chi connectivity index (χ3v) is 3.61. The van der Waals surface area contributed by atoms with Crippen LogP contribution >= 0.6 is 0 Å². The van der Waals surface area contributed by atoms with Gasteiger partial charge in [0.2, 0.25) is 5.75 Å². The number of ketones is 1. The minimum Gasteiger partial charge on any atom is -0.504 e. The number of carbonyl (C=O) groups is 1. The quantitative estimate of drug-likeness (QED) is 0.613. The fourth-order valence-electron chi connectivity index (χ4n) is 2.35. The summed E-state index contributed by atoms with van der Waals surface area (Å²) in [6.07, 6.45) is 3.04. The second kappa shape index (κ2) is 8.10. The zero-order valence-corrected chi connectivity index (χ0v) is 14.5. The molecule has 0 heterocycles. The molecule has 0 spiro atoms. The van der Waals surface area contributed by atoms with Gasteiger partial charge in [0.15, 0.2) is 28.8 Å². The first-order chi connectivity index (χ1) is 12.0. The maximum absolute atomic E-state index is 12.4. The lowest BCUT2D eigenvalue weighted by atomic mass is 10.1. The molecule has 0 aliphatic heterocycles. The summed E-state index contributed by atoms with van der Waals surface area (Å²) in [7, 11) is 5.99. The fraction of sp³-hybridized carbons (Fsp3) is 0.211. The van der Waals surface area contributed by atoms with Gasteiger partial charge in [0.25, 0.3) is 0 Å². The van der Waals surface area contributed by atoms with E-state index >= 15 is 0 Å². The van der Waals surface area contributed by atoms with Crippen LogP contribution in [0.25, 0.3) is 6.08 Å². The summed E-state index contributed by atoms with van der Waals surface area (Å²) in [5, 5.41) is 9.60. The average molecular weight is 344 g/mol. The van der Waals surface area contributed by atoms with Crippen LogP contribution < -0.4 is 18.9 Å². The van der Waals surface area contributed by atoms with E-state index in [2.05, 4.69) is 0 Å². The van der Waals surface area contributed by atoms with Gasteiger partial charge >= 0.3 is 0 Å². The number of phenolic OH excluding ortho intramolecular Hbond substituents is 1. The number of aromatic hydroxyl groups is 1. The number of phenols is 1. The number of hydrogen-bond acceptors (Lipinski definition) is 6. The number of methoxy groups -OCH3 is 4. The SMILES string of the molecule is COc1cc(C(=O)/C=C/c2ccc(OC)c(OC)c2OC)ccc1O. The van der Waals surface area contributed by atoms with Crippen molar-refractivity contribution in [2.75, 3.05) is 28.4 Å². The standard InChI is InChI=1S/C19H20O6/c1-22-16-10-7-12(18(24-3)19(16)25-4)5-8-14(20)13-6-9-15(21)17(11-13)23-2/h5-11,21H,1-4H3/b8-5+. The van der Waals surface area contributed by atoms with Crippen LogP contribution in [0.3, 0.4) is 0 Å². The zero-order valence-electron chi connectivity index (χ0n) is 14.5. The summed E-state index contributed by atoms with van der Waals surface area (Å²) >= 11 is 0. The van der Waals surface area contributed by atoms with Gasteiger partial charge < -0.3 is 24.1 Å². The van der Waals surface area contributed by atoms with E-state index in [4.69, 9.17) is 18.9 Å². The Kier molecular flexibility index (Phi) is 5.89. The molecule has 0 aliphatic rings.